The van der Waals surface area contributed by atoms with Crippen molar-refractivity contribution >= 4 is 17.3 Å². The average Bonchev–Trinajstić information content (AvgIpc) is 3.55. The molecule has 0 spiro atoms. The molecule has 2 N–H and O–H groups in total. The van der Waals surface area contributed by atoms with Gasteiger partial charge in [-0.1, -0.05) is 77.9 Å². The van der Waals surface area contributed by atoms with Crippen molar-refractivity contribution in [2.45, 2.75) is 65.0 Å². The number of rotatable bonds is 14. The fraction of sp³-hybridized carbons (Fsp3) is 0.382. The van der Waals surface area contributed by atoms with Crippen LogP contribution in [-0.2, 0) is 16.9 Å². The van der Waals surface area contributed by atoms with Crippen LogP contribution in [0.3, 0.4) is 0 Å². The second-order valence-corrected chi connectivity index (χ2v) is 11.6. The lowest BCUT2D eigenvalue weighted by Gasteiger charge is -2.27. The number of non-ortho nitro benzene ring substituents is 1. The Kier molecular flexibility index (Phi) is 10.6. The molecule has 0 aliphatic carbocycles. The Morgan fingerprint density at radius 3 is 2.55 bits per heavy atom. The minimum Gasteiger partial charge on any atom is -0.395 e. The Labute approximate surface area is 258 Å². The summed E-state index contributed by atoms with van der Waals surface area (Å²) in [6, 6.07) is 13.8. The van der Waals surface area contributed by atoms with Crippen molar-refractivity contribution in [1.29, 1.82) is 0 Å². The molecular weight excluding hydrogens is 558 g/mol. The standard InChI is InChI=1S/C34H41N5O5/c1-24(2)11-10-12-25(3)18-20-38-32-17-16-28(39(43)44)21-30(32)34(42,33(38)41)26(4)13-8-9-19-37-22-31(35-36-37)29(23-40)27-14-6-5-7-15-27/h5-8,11,13-18,21-22,26,29,40,42H,9-10,12,19-20,23H2,1-4H3/b13-8+,25-18+/t26-,29?,34+/m1/s1. The van der Waals surface area contributed by atoms with Crippen LogP contribution < -0.4 is 4.90 Å². The van der Waals surface area contributed by atoms with Crippen LogP contribution in [0, 0.1) is 16.0 Å². The first-order chi connectivity index (χ1) is 21.1. The Morgan fingerprint density at radius 2 is 1.86 bits per heavy atom. The molecule has 10 nitrogen and oxygen atoms in total. The van der Waals surface area contributed by atoms with E-state index in [0.717, 1.165) is 24.0 Å². The first-order valence-corrected chi connectivity index (χ1v) is 14.9. The quantitative estimate of drug-likeness (QED) is 0.135. The zero-order valence-corrected chi connectivity index (χ0v) is 25.8. The molecule has 2 heterocycles. The highest BCUT2D eigenvalue weighted by atomic mass is 16.6. The van der Waals surface area contributed by atoms with Gasteiger partial charge in [-0.15, -0.1) is 5.10 Å². The molecule has 0 fully saturated rings. The van der Waals surface area contributed by atoms with Gasteiger partial charge in [0, 0.05) is 42.9 Å². The third-order valence-corrected chi connectivity index (χ3v) is 8.08. The zero-order valence-electron chi connectivity index (χ0n) is 25.8. The molecule has 232 valence electrons. The van der Waals surface area contributed by atoms with E-state index in [2.05, 4.69) is 30.2 Å². The van der Waals surface area contributed by atoms with Crippen molar-refractivity contribution in [3.8, 4) is 0 Å². The largest absolute Gasteiger partial charge is 0.395 e. The summed E-state index contributed by atoms with van der Waals surface area (Å²) in [5.74, 6) is -1.44. The monoisotopic (exact) mass is 599 g/mol. The van der Waals surface area contributed by atoms with Crippen molar-refractivity contribution in [3.05, 3.63) is 117 Å². The van der Waals surface area contributed by atoms with Gasteiger partial charge in [0.25, 0.3) is 11.6 Å². The summed E-state index contributed by atoms with van der Waals surface area (Å²) >= 11 is 0. The molecule has 3 atom stereocenters. The van der Waals surface area contributed by atoms with Crippen LogP contribution in [-0.4, -0.2) is 49.2 Å². The summed E-state index contributed by atoms with van der Waals surface area (Å²) in [4.78, 5) is 26.3. The maximum Gasteiger partial charge on any atom is 0.269 e. The van der Waals surface area contributed by atoms with Crippen molar-refractivity contribution in [1.82, 2.24) is 15.0 Å². The van der Waals surface area contributed by atoms with E-state index in [1.807, 2.05) is 55.6 Å². The predicted octanol–water partition coefficient (Wildman–Crippen LogP) is 5.82. The summed E-state index contributed by atoms with van der Waals surface area (Å²) < 4.78 is 1.69. The second-order valence-electron chi connectivity index (χ2n) is 11.6. The molecule has 0 saturated carbocycles. The maximum atomic E-state index is 13.8. The topological polar surface area (TPSA) is 135 Å². The van der Waals surface area contributed by atoms with Crippen molar-refractivity contribution < 1.29 is 19.9 Å². The summed E-state index contributed by atoms with van der Waals surface area (Å²) in [7, 11) is 0. The van der Waals surface area contributed by atoms with Crippen LogP contribution in [0.4, 0.5) is 11.4 Å². The van der Waals surface area contributed by atoms with E-state index in [-0.39, 0.29) is 30.3 Å². The number of hydrogen-bond acceptors (Lipinski definition) is 7. The third kappa shape index (κ3) is 7.20. The van der Waals surface area contributed by atoms with Gasteiger partial charge in [0.1, 0.15) is 0 Å². The van der Waals surface area contributed by atoms with Gasteiger partial charge in [-0.3, -0.25) is 19.6 Å². The highest BCUT2D eigenvalue weighted by Crippen LogP contribution is 2.46. The highest BCUT2D eigenvalue weighted by molar-refractivity contribution is 6.07. The van der Waals surface area contributed by atoms with Crippen LogP contribution in [0.25, 0.3) is 0 Å². The molecular formula is C34H41N5O5. The van der Waals surface area contributed by atoms with Crippen LogP contribution in [0.15, 0.2) is 90.2 Å². The fourth-order valence-electron chi connectivity index (χ4n) is 5.45. The van der Waals surface area contributed by atoms with Crippen molar-refractivity contribution in [2.75, 3.05) is 18.1 Å². The smallest absolute Gasteiger partial charge is 0.269 e. The number of nitro benzene ring substituents is 1. The number of allylic oxidation sites excluding steroid dienone is 4. The molecule has 3 aromatic rings. The first kappa shape index (κ1) is 32.5. The molecule has 2 aromatic carbocycles. The van der Waals surface area contributed by atoms with Gasteiger partial charge in [0.15, 0.2) is 5.60 Å². The molecule has 1 aromatic heterocycles. The number of hydrogen-bond donors (Lipinski definition) is 2. The van der Waals surface area contributed by atoms with Crippen molar-refractivity contribution in [3.63, 3.8) is 0 Å². The molecule has 44 heavy (non-hydrogen) atoms. The number of nitro groups is 1. The molecule has 10 heteroatoms. The number of anilines is 1. The molecule has 1 unspecified atom stereocenters. The summed E-state index contributed by atoms with van der Waals surface area (Å²) in [6.07, 6.45) is 11.9. The zero-order chi connectivity index (χ0) is 31.9. The van der Waals surface area contributed by atoms with Gasteiger partial charge in [0.2, 0.25) is 0 Å². The minimum atomic E-state index is -1.95. The molecule has 4 rings (SSSR count). The summed E-state index contributed by atoms with van der Waals surface area (Å²) in [5, 5.41) is 41.8. The van der Waals surface area contributed by atoms with E-state index in [1.54, 1.807) is 23.7 Å². The van der Waals surface area contributed by atoms with Gasteiger partial charge in [0.05, 0.1) is 28.8 Å². The molecule has 0 radical (unpaired) electrons. The number of fused-ring (bicyclic) bond motifs is 1. The van der Waals surface area contributed by atoms with E-state index in [4.69, 9.17) is 0 Å². The Hall–Kier alpha value is -4.41. The van der Waals surface area contributed by atoms with E-state index in [9.17, 15) is 25.1 Å². The lowest BCUT2D eigenvalue weighted by molar-refractivity contribution is -0.385. The summed E-state index contributed by atoms with van der Waals surface area (Å²) in [5.41, 5.74) is 2.57. The highest BCUT2D eigenvalue weighted by Gasteiger charge is 2.52. The average molecular weight is 600 g/mol. The maximum absolute atomic E-state index is 13.8. The van der Waals surface area contributed by atoms with Gasteiger partial charge in [-0.25, -0.2) is 0 Å². The van der Waals surface area contributed by atoms with Crippen LogP contribution in [0.2, 0.25) is 0 Å². The normalized spacial score (nSPS) is 18.0. The number of carbonyl (C=O) groups excluding carboxylic acids is 1. The SMILES string of the molecule is CC(C)=CCC/C(C)=C/CN1C(=O)[C@](O)([C@H](C)/C=C/CCn2cc(C(CO)c3ccccc3)nn2)c2cc([N+](=O)[O-])ccc21. The number of carbonyl (C=O) groups is 1. The Balaban J connectivity index is 1.48. The van der Waals surface area contributed by atoms with E-state index >= 15 is 0 Å². The Morgan fingerprint density at radius 1 is 1.11 bits per heavy atom. The number of aliphatic hydroxyl groups excluding tert-OH is 1. The Bertz CT molecular complexity index is 1560. The first-order valence-electron chi connectivity index (χ1n) is 14.9. The number of aromatic nitrogens is 3. The van der Waals surface area contributed by atoms with Gasteiger partial charge >= 0.3 is 0 Å². The summed E-state index contributed by atoms with van der Waals surface area (Å²) in [6.45, 7) is 8.53. The second kappa shape index (κ2) is 14.4. The van der Waals surface area contributed by atoms with E-state index in [1.165, 1.54) is 22.6 Å². The van der Waals surface area contributed by atoms with Crippen LogP contribution >= 0.6 is 0 Å². The van der Waals surface area contributed by atoms with Gasteiger partial charge in [-0.05, 0) is 51.7 Å². The minimum absolute atomic E-state index is 0.0886. The molecule has 1 aliphatic rings. The number of amides is 1. The number of aliphatic hydroxyl groups is 2. The van der Waals surface area contributed by atoms with Gasteiger partial charge < -0.3 is 15.1 Å². The van der Waals surface area contributed by atoms with Crippen molar-refractivity contribution in [2.24, 2.45) is 5.92 Å². The van der Waals surface area contributed by atoms with E-state index in [0.29, 0.717) is 24.3 Å². The fourth-order valence-corrected chi connectivity index (χ4v) is 5.45. The van der Waals surface area contributed by atoms with Crippen LogP contribution in [0.1, 0.15) is 69.7 Å². The predicted molar refractivity (Wildman–Crippen MR) is 170 cm³/mol. The molecule has 0 bridgehead atoms. The van der Waals surface area contributed by atoms with Crippen LogP contribution in [0.5, 0.6) is 0 Å². The lowest BCUT2D eigenvalue weighted by atomic mass is 9.82. The number of nitrogens with zero attached hydrogens (tertiary/aromatic N) is 5. The molecule has 1 aliphatic heterocycles. The number of aryl methyl sites for hydroxylation is 1. The molecule has 0 saturated heterocycles. The third-order valence-electron chi connectivity index (χ3n) is 8.08. The molecule has 1 amide bonds. The number of benzene rings is 2. The van der Waals surface area contributed by atoms with Gasteiger partial charge in [-0.2, -0.15) is 0 Å². The lowest BCUT2D eigenvalue weighted by Crippen LogP contribution is -2.44. The van der Waals surface area contributed by atoms with E-state index < -0.39 is 22.3 Å².